The fourth-order valence-electron chi connectivity index (χ4n) is 2.64. The molecular weight excluding hydrogens is 614 g/mol. The summed E-state index contributed by atoms with van der Waals surface area (Å²) in [5, 5.41) is 0. The van der Waals surface area contributed by atoms with E-state index >= 15 is 0 Å². The topological polar surface area (TPSA) is 72.5 Å². The summed E-state index contributed by atoms with van der Waals surface area (Å²) >= 11 is 4.24. The Morgan fingerprint density at radius 2 is 1.19 bits per heavy atom. The first-order valence-electron chi connectivity index (χ1n) is 10.4. The number of halogens is 2. The van der Waals surface area contributed by atoms with Crippen molar-refractivity contribution in [1.29, 1.82) is 0 Å². The third-order valence-corrected chi connectivity index (χ3v) is 4.31. The van der Waals surface area contributed by atoms with Crippen LogP contribution in [0.25, 0.3) is 0 Å². The van der Waals surface area contributed by atoms with Gasteiger partial charge in [0.15, 0.2) is 0 Å². The predicted molar refractivity (Wildman–Crippen MR) is 150 cm³/mol. The molecule has 2 aromatic rings. The van der Waals surface area contributed by atoms with Crippen LogP contribution in [0.15, 0.2) is 65.7 Å². The van der Waals surface area contributed by atoms with Crippen LogP contribution in [0.2, 0.25) is 0 Å². The Labute approximate surface area is 210 Å². The van der Waals surface area contributed by atoms with Crippen molar-refractivity contribution < 1.29 is 9.59 Å². The van der Waals surface area contributed by atoms with E-state index < -0.39 is 0 Å². The summed E-state index contributed by atoms with van der Waals surface area (Å²) in [6, 6.07) is 20.7. The van der Waals surface area contributed by atoms with Crippen LogP contribution in [0.3, 0.4) is 0 Å². The Balaban J connectivity index is 0.000000762. The van der Waals surface area contributed by atoms with Crippen molar-refractivity contribution in [2.24, 2.45) is 10.7 Å². The van der Waals surface area contributed by atoms with Crippen molar-refractivity contribution >= 4 is 54.5 Å². The standard InChI is InChI=1S/C19H21NO.C6H13NO.I2/c1-15(13-14-16(2)21)20-19(17-9-5-3-6-10-17)18-11-7-4-8-12-18;1-5(7)3-4-6(2)8;1-2/h3-12,15H,13-14H2,1-2H3;5H,3-4,7H2,1-2H3;. The summed E-state index contributed by atoms with van der Waals surface area (Å²) in [6.07, 6.45) is 2.81. The van der Waals surface area contributed by atoms with E-state index in [1.54, 1.807) is 13.8 Å². The van der Waals surface area contributed by atoms with Gasteiger partial charge in [0, 0.05) is 73.3 Å². The zero-order valence-electron chi connectivity index (χ0n) is 18.9. The van der Waals surface area contributed by atoms with E-state index in [0.29, 0.717) is 12.8 Å². The number of hydrogen-bond donors (Lipinski definition) is 1. The maximum absolute atomic E-state index is 11.1. The van der Waals surface area contributed by atoms with Crippen molar-refractivity contribution in [3.63, 3.8) is 0 Å². The van der Waals surface area contributed by atoms with Gasteiger partial charge in [-0.2, -0.15) is 0 Å². The molecule has 2 rings (SSSR count). The Morgan fingerprint density at radius 3 is 1.52 bits per heavy atom. The van der Waals surface area contributed by atoms with Gasteiger partial charge in [-0.1, -0.05) is 60.7 Å². The van der Waals surface area contributed by atoms with Crippen LogP contribution in [0.4, 0.5) is 0 Å². The van der Waals surface area contributed by atoms with E-state index in [0.717, 1.165) is 29.7 Å². The van der Waals surface area contributed by atoms with Gasteiger partial charge in [0.2, 0.25) is 0 Å². The number of hydrogen-bond acceptors (Lipinski definition) is 4. The molecule has 4 nitrogen and oxygen atoms in total. The monoisotopic (exact) mass is 648 g/mol. The average molecular weight is 648 g/mol. The maximum Gasteiger partial charge on any atom is 0.129 e. The quantitative estimate of drug-likeness (QED) is 0.242. The Morgan fingerprint density at radius 1 is 0.806 bits per heavy atom. The first-order chi connectivity index (χ1) is 14.8. The number of benzene rings is 2. The highest BCUT2D eigenvalue weighted by Crippen LogP contribution is 2.14. The van der Waals surface area contributed by atoms with Gasteiger partial charge in [-0.15, -0.1) is 0 Å². The van der Waals surface area contributed by atoms with E-state index in [-0.39, 0.29) is 23.7 Å². The lowest BCUT2D eigenvalue weighted by Gasteiger charge is -2.11. The van der Waals surface area contributed by atoms with Crippen LogP contribution in [0.1, 0.15) is 64.5 Å². The molecule has 2 aromatic carbocycles. The summed E-state index contributed by atoms with van der Waals surface area (Å²) in [5.74, 6) is 0.445. The molecule has 2 N–H and O–H groups in total. The fourth-order valence-corrected chi connectivity index (χ4v) is 2.64. The molecule has 0 saturated heterocycles. The Hall–Kier alpha value is -1.13. The summed E-state index contributed by atoms with van der Waals surface area (Å²) in [4.78, 5) is 26.3. The number of Topliss-reactive ketones (excluding diaryl/α,β-unsaturated/α-hetero) is 2. The summed E-state index contributed by atoms with van der Waals surface area (Å²) in [7, 11) is 0. The van der Waals surface area contributed by atoms with Crippen molar-refractivity contribution in [1.82, 2.24) is 0 Å². The Bertz CT molecular complexity index is 737. The fraction of sp³-hybridized carbons (Fsp3) is 0.400. The second kappa shape index (κ2) is 18.4. The molecule has 0 bridgehead atoms. The largest absolute Gasteiger partial charge is 0.328 e. The molecule has 170 valence electrons. The van der Waals surface area contributed by atoms with E-state index in [1.165, 1.54) is 0 Å². The molecule has 2 atom stereocenters. The van der Waals surface area contributed by atoms with Gasteiger partial charge in [0.05, 0.1) is 5.71 Å². The molecule has 2 unspecified atom stereocenters. The number of aliphatic imine (C=N–C) groups is 1. The average Bonchev–Trinajstić information content (AvgIpc) is 2.77. The SMILES string of the molecule is CC(=O)CCC(C)N.CC(=O)CCC(C)N=C(c1ccccc1)c1ccccc1.II. The van der Waals surface area contributed by atoms with Gasteiger partial charge < -0.3 is 15.3 Å². The van der Waals surface area contributed by atoms with Crippen molar-refractivity contribution in [2.45, 2.75) is 65.5 Å². The minimum Gasteiger partial charge on any atom is -0.328 e. The number of carbonyl (C=O) groups excluding carboxylic acids is 2. The molecule has 6 heteroatoms. The molecule has 0 fully saturated rings. The number of ketones is 2. The summed E-state index contributed by atoms with van der Waals surface area (Å²) in [6.45, 7) is 7.19. The minimum absolute atomic E-state index is 0.129. The first-order valence-corrected chi connectivity index (χ1v) is 16.7. The highest BCUT2D eigenvalue weighted by molar-refractivity contribution is 15.0. The molecule has 0 heterocycles. The van der Waals surface area contributed by atoms with Crippen molar-refractivity contribution in [3.8, 4) is 0 Å². The van der Waals surface area contributed by atoms with E-state index in [4.69, 9.17) is 10.7 Å². The summed E-state index contributed by atoms with van der Waals surface area (Å²) < 4.78 is 0. The lowest BCUT2D eigenvalue weighted by molar-refractivity contribution is -0.118. The van der Waals surface area contributed by atoms with Crippen molar-refractivity contribution in [2.75, 3.05) is 0 Å². The van der Waals surface area contributed by atoms with Crippen LogP contribution in [0.5, 0.6) is 0 Å². The highest BCUT2D eigenvalue weighted by atomic mass is 128. The normalized spacial score (nSPS) is 11.6. The summed E-state index contributed by atoms with van der Waals surface area (Å²) in [5.41, 5.74) is 8.60. The van der Waals surface area contributed by atoms with E-state index in [9.17, 15) is 9.59 Å². The smallest absolute Gasteiger partial charge is 0.129 e. The van der Waals surface area contributed by atoms with Crippen LogP contribution in [-0.2, 0) is 9.59 Å². The van der Waals surface area contributed by atoms with Crippen LogP contribution in [0, 0.1) is 0 Å². The molecule has 0 radical (unpaired) electrons. The molecule has 31 heavy (non-hydrogen) atoms. The third kappa shape index (κ3) is 15.3. The molecule has 0 aliphatic heterocycles. The van der Waals surface area contributed by atoms with Gasteiger partial charge in [0.25, 0.3) is 0 Å². The predicted octanol–water partition coefficient (Wildman–Crippen LogP) is 6.76. The molecule has 0 aromatic heterocycles. The number of carbonyl (C=O) groups is 2. The third-order valence-electron chi connectivity index (χ3n) is 4.31. The highest BCUT2D eigenvalue weighted by Gasteiger charge is 2.09. The van der Waals surface area contributed by atoms with Gasteiger partial charge in [-0.25, -0.2) is 0 Å². The molecule has 0 spiro atoms. The maximum atomic E-state index is 11.1. The van der Waals surface area contributed by atoms with Crippen LogP contribution < -0.4 is 5.73 Å². The number of nitrogens with two attached hydrogens (primary N) is 1. The zero-order valence-corrected chi connectivity index (χ0v) is 23.2. The van der Waals surface area contributed by atoms with Crippen LogP contribution >= 0.6 is 37.2 Å². The number of rotatable bonds is 9. The Kier molecular flexibility index (Phi) is 17.8. The second-order valence-electron chi connectivity index (χ2n) is 7.52. The second-order valence-corrected chi connectivity index (χ2v) is 7.52. The van der Waals surface area contributed by atoms with Crippen LogP contribution in [-0.4, -0.2) is 29.4 Å². The first kappa shape index (κ1) is 29.9. The van der Waals surface area contributed by atoms with Gasteiger partial charge in [-0.05, 0) is 40.5 Å². The minimum atomic E-state index is 0.129. The van der Waals surface area contributed by atoms with Gasteiger partial charge in [0.1, 0.15) is 11.6 Å². The van der Waals surface area contributed by atoms with E-state index in [1.807, 2.05) is 43.3 Å². The zero-order chi connectivity index (χ0) is 23.6. The van der Waals surface area contributed by atoms with Crippen molar-refractivity contribution in [3.05, 3.63) is 71.8 Å². The number of nitrogens with zero attached hydrogens (tertiary/aromatic N) is 1. The lowest BCUT2D eigenvalue weighted by Crippen LogP contribution is -2.15. The molecule has 0 aliphatic rings. The molecule has 0 saturated carbocycles. The lowest BCUT2D eigenvalue weighted by atomic mass is 10.0. The van der Waals surface area contributed by atoms with Gasteiger partial charge >= 0.3 is 0 Å². The molecule has 0 amide bonds. The van der Waals surface area contributed by atoms with E-state index in [2.05, 4.69) is 68.4 Å². The van der Waals surface area contributed by atoms with Gasteiger partial charge in [-0.3, -0.25) is 4.99 Å². The molecule has 0 aliphatic carbocycles. The molecular formula is C25H34I2N2O2.